The Morgan fingerprint density at radius 2 is 1.83 bits per heavy atom. The number of aliphatic hydroxyl groups is 3. The van der Waals surface area contributed by atoms with Gasteiger partial charge >= 0.3 is 11.9 Å². The second-order valence-corrected chi connectivity index (χ2v) is 21.1. The molecule has 6 unspecified atom stereocenters. The molecule has 3 aromatic rings. The maximum atomic E-state index is 15.5. The molecule has 0 radical (unpaired) electrons. The van der Waals surface area contributed by atoms with Gasteiger partial charge in [0, 0.05) is 104 Å². The Labute approximate surface area is 415 Å². The molecule has 1 aliphatic carbocycles. The third-order valence-electron chi connectivity index (χ3n) is 17.5. The van der Waals surface area contributed by atoms with E-state index in [1.165, 1.54) is 7.11 Å². The highest BCUT2D eigenvalue weighted by Gasteiger charge is 2.78. The Morgan fingerprint density at radius 1 is 1.04 bits per heavy atom. The number of methoxy groups -OCH3 is 2. The van der Waals surface area contributed by atoms with Gasteiger partial charge in [-0.3, -0.25) is 34.7 Å². The lowest BCUT2D eigenvalue weighted by atomic mass is 9.47. The normalized spacial score (nSPS) is 33.5. The fraction of sp³-hybridized carbons (Fsp3) is 0.623. The van der Waals surface area contributed by atoms with E-state index in [2.05, 4.69) is 42.3 Å². The molecule has 6 aliphatic rings. The number of hydrogen-bond acceptors (Lipinski definition) is 16. The molecule has 1 saturated carbocycles. The van der Waals surface area contributed by atoms with Gasteiger partial charge in [0.2, 0.25) is 0 Å². The second kappa shape index (κ2) is 19.4. The van der Waals surface area contributed by atoms with E-state index in [1.807, 2.05) is 62.2 Å². The number of likely N-dealkylation sites (N-methyl/N-ethyl adjacent to an activating group) is 1. The van der Waals surface area contributed by atoms with Crippen molar-refractivity contribution in [2.45, 2.75) is 125 Å². The van der Waals surface area contributed by atoms with Crippen LogP contribution in [0, 0.1) is 11.3 Å². The van der Waals surface area contributed by atoms with Gasteiger partial charge in [0.25, 0.3) is 12.4 Å². The lowest BCUT2D eigenvalue weighted by molar-refractivity contribution is -0.203. The van der Waals surface area contributed by atoms with Gasteiger partial charge in [0.05, 0.1) is 32.5 Å². The highest BCUT2D eigenvalue weighted by atomic mass is 16.5. The van der Waals surface area contributed by atoms with Crippen molar-refractivity contribution in [2.75, 3.05) is 78.6 Å². The standard InChI is InChI=1S/C53H73N7O11/c1-7-49(66)27-33-28-52(48(65)69-6,42-35(16-22-59(29-33)30-49)34-13-9-10-14-38(34)57-42)37-25-36-39(26-40(37)68-5)58(4)45-51(36)18-23-60-21-11-17-50(8-2,44(51)60)46(63)53(45,67)47(64)56-19-12-24-70-43(62)32(3)55-20-15-41(54)71-31-61/h9-11,13-14,17,25-26,31-33,41,44-46,55,57,63,66-67H,7-8,12,15-16,18-24,27-30,54H2,1-6H3,(H,56,64)/t32?,33-,41?,44?,45?,46-,49?,50-,51-,52+,53+/m1/s1. The lowest BCUT2D eigenvalue weighted by Crippen LogP contribution is -2.81. The number of amides is 1. The van der Waals surface area contributed by atoms with Gasteiger partial charge in [-0.15, -0.1) is 0 Å². The van der Waals surface area contributed by atoms with Crippen molar-refractivity contribution in [1.82, 2.24) is 25.4 Å². The molecule has 5 aliphatic heterocycles. The van der Waals surface area contributed by atoms with Gasteiger partial charge in [-0.1, -0.05) is 44.2 Å². The number of nitrogens with two attached hydrogens (primary N) is 1. The highest BCUT2D eigenvalue weighted by Crippen LogP contribution is 2.67. The zero-order chi connectivity index (χ0) is 50.7. The Morgan fingerprint density at radius 3 is 2.56 bits per heavy atom. The van der Waals surface area contributed by atoms with E-state index in [0.29, 0.717) is 95.5 Å². The van der Waals surface area contributed by atoms with Crippen molar-refractivity contribution >= 4 is 40.9 Å². The Balaban J connectivity index is 1.12. The van der Waals surface area contributed by atoms with Crippen molar-refractivity contribution in [3.63, 3.8) is 0 Å². The zero-order valence-corrected chi connectivity index (χ0v) is 42.0. The van der Waals surface area contributed by atoms with Gasteiger partial charge < -0.3 is 54.8 Å². The molecule has 1 aromatic heterocycles. The number of ether oxygens (including phenoxy) is 4. The molecule has 1 amide bonds. The number of anilines is 1. The minimum absolute atomic E-state index is 0.0174. The number of esters is 2. The topological polar surface area (TPSA) is 241 Å². The average molecular weight is 984 g/mol. The van der Waals surface area contributed by atoms with Crippen LogP contribution in [0.1, 0.15) is 88.1 Å². The maximum absolute atomic E-state index is 15.5. The molecule has 3 fully saturated rings. The molecule has 18 heteroatoms. The number of benzene rings is 2. The number of rotatable bonds is 17. The van der Waals surface area contributed by atoms with Crippen LogP contribution in [0.5, 0.6) is 5.75 Å². The number of carbonyl (C=O) groups is 4. The Hall–Kier alpha value is -5.08. The number of piperidine rings is 1. The quantitative estimate of drug-likeness (QED) is 0.0256. The first-order chi connectivity index (χ1) is 34.0. The van der Waals surface area contributed by atoms with Crippen LogP contribution in [-0.4, -0.2) is 170 Å². The van der Waals surface area contributed by atoms with E-state index in [9.17, 15) is 24.9 Å². The molecule has 6 heterocycles. The number of H-pyrrole nitrogens is 1. The summed E-state index contributed by atoms with van der Waals surface area (Å²) < 4.78 is 22.6. The third kappa shape index (κ3) is 7.94. The number of aromatic nitrogens is 1. The molecule has 2 aromatic carbocycles. The van der Waals surface area contributed by atoms with Crippen LogP contribution >= 0.6 is 0 Å². The fourth-order valence-corrected chi connectivity index (χ4v) is 14.4. The minimum Gasteiger partial charge on any atom is -0.496 e. The van der Waals surface area contributed by atoms with Gasteiger partial charge in [-0.25, -0.2) is 0 Å². The predicted molar refractivity (Wildman–Crippen MR) is 265 cm³/mol. The number of nitrogens with one attached hydrogen (secondary N) is 3. The van der Waals surface area contributed by atoms with Crippen LogP contribution in [0.4, 0.5) is 5.69 Å². The smallest absolute Gasteiger partial charge is 0.322 e. The van der Waals surface area contributed by atoms with Crippen molar-refractivity contribution in [3.8, 4) is 5.75 Å². The summed E-state index contributed by atoms with van der Waals surface area (Å²) in [5.74, 6) is -1.41. The molecule has 386 valence electrons. The Bertz CT molecular complexity index is 2560. The fourth-order valence-electron chi connectivity index (χ4n) is 14.4. The summed E-state index contributed by atoms with van der Waals surface area (Å²) in [6.45, 7) is 9.42. The van der Waals surface area contributed by atoms with Crippen LogP contribution in [0.3, 0.4) is 0 Å². The minimum atomic E-state index is -2.37. The second-order valence-electron chi connectivity index (χ2n) is 21.1. The largest absolute Gasteiger partial charge is 0.496 e. The van der Waals surface area contributed by atoms with Crippen LogP contribution in [0.2, 0.25) is 0 Å². The van der Waals surface area contributed by atoms with Gasteiger partial charge in [0.15, 0.2) is 11.8 Å². The van der Waals surface area contributed by atoms with Gasteiger partial charge in [-0.2, -0.15) is 0 Å². The summed E-state index contributed by atoms with van der Waals surface area (Å²) in [6, 6.07) is 10.1. The number of carbonyl (C=O) groups excluding carboxylic acids is 4. The zero-order valence-electron chi connectivity index (χ0n) is 42.0. The summed E-state index contributed by atoms with van der Waals surface area (Å²) in [7, 11) is 4.87. The van der Waals surface area contributed by atoms with Crippen molar-refractivity contribution < 1.29 is 53.4 Å². The molecule has 8 N–H and O–H groups in total. The molecule has 18 nitrogen and oxygen atoms in total. The van der Waals surface area contributed by atoms with E-state index in [0.717, 1.165) is 33.4 Å². The summed E-state index contributed by atoms with van der Waals surface area (Å²) in [5.41, 5.74) is 3.67. The van der Waals surface area contributed by atoms with Crippen molar-refractivity contribution in [3.05, 3.63) is 70.9 Å². The number of aromatic amines is 1. The van der Waals surface area contributed by atoms with Crippen LogP contribution < -0.4 is 26.0 Å². The third-order valence-corrected chi connectivity index (χ3v) is 17.5. The van der Waals surface area contributed by atoms with Crippen molar-refractivity contribution in [1.29, 1.82) is 0 Å². The number of fused-ring (bicyclic) bond motifs is 6. The maximum Gasteiger partial charge on any atom is 0.322 e. The van der Waals surface area contributed by atoms with Gasteiger partial charge in [-0.05, 0) is 87.6 Å². The first-order valence-electron chi connectivity index (χ1n) is 25.5. The first-order valence-corrected chi connectivity index (χ1v) is 25.5. The molecule has 1 spiro atoms. The van der Waals surface area contributed by atoms with Crippen LogP contribution in [0.15, 0.2) is 48.6 Å². The summed E-state index contributed by atoms with van der Waals surface area (Å²) in [5, 5.41) is 45.4. The van der Waals surface area contributed by atoms with Gasteiger partial charge in [0.1, 0.15) is 23.3 Å². The SMILES string of the molecule is CCC1(O)C[C@H]2CN(CCc3c([nH]c4ccccc34)[C@@](C(=O)OC)(c3cc4c(cc3OC)N(C)C3[C@]45CCN4CC=C[C@](CC)(C45)[C@@H](O)[C@]3(O)C(=O)NCCCOC(=O)C(C)NCCC(N)OC=O)C2)C1. The number of hydrogen-bond donors (Lipinski definition) is 7. The lowest BCUT2D eigenvalue weighted by Gasteiger charge is -2.63. The summed E-state index contributed by atoms with van der Waals surface area (Å²) in [4.78, 5) is 64.2. The average Bonchev–Trinajstić information content (AvgIpc) is 4.03. The molecular formula is C53H73N7O11. The van der Waals surface area contributed by atoms with E-state index in [1.54, 1.807) is 14.0 Å². The van der Waals surface area contributed by atoms with Crippen LogP contribution in [-0.2, 0) is 50.6 Å². The Kier molecular flexibility index (Phi) is 13.9. The number of para-hydroxylation sites is 1. The summed E-state index contributed by atoms with van der Waals surface area (Å²) in [6.07, 6.45) is 5.17. The van der Waals surface area contributed by atoms with E-state index >= 15 is 9.59 Å². The molecular weight excluding hydrogens is 911 g/mol. The highest BCUT2D eigenvalue weighted by molar-refractivity contribution is 5.95. The molecule has 2 bridgehead atoms. The van der Waals surface area contributed by atoms with E-state index in [4.69, 9.17) is 19.9 Å². The van der Waals surface area contributed by atoms with E-state index < -0.39 is 69.7 Å². The molecule has 9 rings (SSSR count). The molecule has 71 heavy (non-hydrogen) atoms. The number of aliphatic hydroxyl groups excluding tert-OH is 1. The number of nitrogens with zero attached hydrogens (tertiary/aromatic N) is 3. The van der Waals surface area contributed by atoms with E-state index in [-0.39, 0.29) is 38.0 Å². The van der Waals surface area contributed by atoms with Crippen molar-refractivity contribution in [2.24, 2.45) is 17.1 Å². The molecule has 2 saturated heterocycles. The summed E-state index contributed by atoms with van der Waals surface area (Å²) >= 11 is 0. The first kappa shape index (κ1) is 50.8. The monoisotopic (exact) mass is 984 g/mol. The predicted octanol–water partition coefficient (Wildman–Crippen LogP) is 2.12. The molecule has 12 atom stereocenters. The van der Waals surface area contributed by atoms with Crippen LogP contribution in [0.25, 0.3) is 10.9 Å².